The Morgan fingerprint density at radius 2 is 1.74 bits per heavy atom. The molecule has 0 spiro atoms. The Hall–Kier alpha value is -2.58. The zero-order valence-corrected chi connectivity index (χ0v) is 19.0. The van der Waals surface area contributed by atoms with Crippen molar-refractivity contribution in [2.24, 2.45) is 0 Å². The Morgan fingerprint density at radius 3 is 2.39 bits per heavy atom. The highest BCUT2D eigenvalue weighted by molar-refractivity contribution is 7.92. The molecule has 2 aromatic rings. The summed E-state index contributed by atoms with van der Waals surface area (Å²) in [7, 11) is -3.38. The second-order valence-electron chi connectivity index (χ2n) is 7.65. The van der Waals surface area contributed by atoms with E-state index in [1.807, 2.05) is 30.9 Å². The van der Waals surface area contributed by atoms with Crippen molar-refractivity contribution in [2.45, 2.75) is 26.8 Å². The minimum atomic E-state index is -3.38. The van der Waals surface area contributed by atoms with Crippen molar-refractivity contribution in [3.63, 3.8) is 0 Å². The smallest absolute Gasteiger partial charge is 0.254 e. The maximum absolute atomic E-state index is 12.9. The van der Waals surface area contributed by atoms with Gasteiger partial charge in [0.25, 0.3) is 5.91 Å². The van der Waals surface area contributed by atoms with Crippen LogP contribution >= 0.6 is 0 Å². The van der Waals surface area contributed by atoms with Gasteiger partial charge in [-0.25, -0.2) is 8.42 Å². The van der Waals surface area contributed by atoms with Crippen molar-refractivity contribution in [3.8, 4) is 5.75 Å². The first-order valence-electron chi connectivity index (χ1n) is 10.7. The molecule has 0 aromatic heterocycles. The predicted molar refractivity (Wildman–Crippen MR) is 123 cm³/mol. The molecule has 0 aliphatic carbocycles. The molecule has 2 aromatic carbocycles. The molecule has 0 bridgehead atoms. The van der Waals surface area contributed by atoms with E-state index in [1.165, 1.54) is 5.56 Å². The zero-order chi connectivity index (χ0) is 22.3. The van der Waals surface area contributed by atoms with Gasteiger partial charge in [0.1, 0.15) is 5.75 Å². The Balaban J connectivity index is 1.54. The average molecular weight is 446 g/mol. The number of carbonyl (C=O) groups excluding carboxylic acids is 1. The third kappa shape index (κ3) is 6.70. The van der Waals surface area contributed by atoms with Gasteiger partial charge in [-0.15, -0.1) is 0 Å². The van der Waals surface area contributed by atoms with Gasteiger partial charge < -0.3 is 9.64 Å². The van der Waals surface area contributed by atoms with E-state index in [0.29, 0.717) is 37.4 Å². The van der Waals surface area contributed by atoms with Gasteiger partial charge in [-0.2, -0.15) is 0 Å². The summed E-state index contributed by atoms with van der Waals surface area (Å²) in [6.07, 6.45) is 0.537. The normalized spacial score (nSPS) is 15.0. The molecule has 0 unspecified atom stereocenters. The number of ether oxygens (including phenoxy) is 1. The SMILES string of the molecule is CCCS(=O)(=O)Nc1cccc(C(=O)N2CCN(Cc3ccc(OCC)cc3)CC2)c1. The lowest BCUT2D eigenvalue weighted by Gasteiger charge is -2.34. The second-order valence-corrected chi connectivity index (χ2v) is 9.49. The van der Waals surface area contributed by atoms with Crippen molar-refractivity contribution in [2.75, 3.05) is 43.3 Å². The fraction of sp³-hybridized carbons (Fsp3) is 0.435. The number of amides is 1. The van der Waals surface area contributed by atoms with Crippen LogP contribution in [0.15, 0.2) is 48.5 Å². The van der Waals surface area contributed by atoms with E-state index < -0.39 is 10.0 Å². The molecule has 3 rings (SSSR count). The molecule has 1 aliphatic heterocycles. The summed E-state index contributed by atoms with van der Waals surface area (Å²) < 4.78 is 32.0. The zero-order valence-electron chi connectivity index (χ0n) is 18.2. The molecule has 0 saturated carbocycles. The number of carbonyl (C=O) groups is 1. The molecule has 1 N–H and O–H groups in total. The van der Waals surface area contributed by atoms with E-state index in [-0.39, 0.29) is 11.7 Å². The Morgan fingerprint density at radius 1 is 1.03 bits per heavy atom. The molecule has 1 amide bonds. The van der Waals surface area contributed by atoms with Crippen LogP contribution in [0, 0.1) is 0 Å². The monoisotopic (exact) mass is 445 g/mol. The van der Waals surface area contributed by atoms with Crippen LogP contribution in [0.4, 0.5) is 5.69 Å². The number of anilines is 1. The number of hydrogen-bond acceptors (Lipinski definition) is 5. The predicted octanol–water partition coefficient (Wildman–Crippen LogP) is 3.20. The minimum Gasteiger partial charge on any atom is -0.494 e. The van der Waals surface area contributed by atoms with E-state index >= 15 is 0 Å². The molecule has 31 heavy (non-hydrogen) atoms. The average Bonchev–Trinajstić information content (AvgIpc) is 2.75. The van der Waals surface area contributed by atoms with Crippen LogP contribution in [0.25, 0.3) is 0 Å². The second kappa shape index (κ2) is 10.6. The number of benzene rings is 2. The van der Waals surface area contributed by atoms with Crippen molar-refractivity contribution < 1.29 is 17.9 Å². The molecule has 1 aliphatic rings. The van der Waals surface area contributed by atoms with Gasteiger partial charge in [0.2, 0.25) is 10.0 Å². The van der Waals surface area contributed by atoms with Gasteiger partial charge in [0.05, 0.1) is 12.4 Å². The number of hydrogen-bond donors (Lipinski definition) is 1. The fourth-order valence-electron chi connectivity index (χ4n) is 3.62. The van der Waals surface area contributed by atoms with E-state index in [4.69, 9.17) is 4.74 Å². The van der Waals surface area contributed by atoms with E-state index in [0.717, 1.165) is 25.4 Å². The first-order chi connectivity index (χ1) is 14.9. The Labute approximate surface area is 185 Å². The van der Waals surface area contributed by atoms with Crippen LogP contribution in [0.2, 0.25) is 0 Å². The third-order valence-electron chi connectivity index (χ3n) is 5.16. The molecular formula is C23H31N3O4S. The topological polar surface area (TPSA) is 79.0 Å². The van der Waals surface area contributed by atoms with Crippen LogP contribution in [-0.4, -0.2) is 62.7 Å². The van der Waals surface area contributed by atoms with Crippen molar-refractivity contribution in [1.29, 1.82) is 0 Å². The lowest BCUT2D eigenvalue weighted by Crippen LogP contribution is -2.48. The first kappa shape index (κ1) is 23.1. The molecular weight excluding hydrogens is 414 g/mol. The quantitative estimate of drug-likeness (QED) is 0.641. The Kier molecular flexibility index (Phi) is 7.92. The summed E-state index contributed by atoms with van der Waals surface area (Å²) in [6, 6.07) is 14.8. The highest BCUT2D eigenvalue weighted by Gasteiger charge is 2.22. The largest absolute Gasteiger partial charge is 0.494 e. The summed E-state index contributed by atoms with van der Waals surface area (Å²) in [4.78, 5) is 17.1. The number of sulfonamides is 1. The number of nitrogens with zero attached hydrogens (tertiary/aromatic N) is 2. The summed E-state index contributed by atoms with van der Waals surface area (Å²) in [5.41, 5.74) is 2.14. The van der Waals surface area contributed by atoms with Crippen LogP contribution in [0.5, 0.6) is 5.75 Å². The first-order valence-corrected chi connectivity index (χ1v) is 12.4. The standard InChI is InChI=1S/C23H31N3O4S/c1-3-16-31(28,29)24-21-7-5-6-20(17-21)23(27)26-14-12-25(13-15-26)18-19-8-10-22(11-9-19)30-4-2/h5-11,17,24H,3-4,12-16,18H2,1-2H3. The number of piperazine rings is 1. The molecule has 1 saturated heterocycles. The van der Waals surface area contributed by atoms with Crippen LogP contribution in [0.3, 0.4) is 0 Å². The van der Waals surface area contributed by atoms with E-state index in [2.05, 4.69) is 21.8 Å². The van der Waals surface area contributed by atoms with Gasteiger partial charge in [-0.1, -0.05) is 25.1 Å². The van der Waals surface area contributed by atoms with Gasteiger partial charge in [-0.3, -0.25) is 14.4 Å². The molecule has 8 heteroatoms. The fourth-order valence-corrected chi connectivity index (χ4v) is 4.75. The van der Waals surface area contributed by atoms with Gasteiger partial charge in [0.15, 0.2) is 0 Å². The van der Waals surface area contributed by atoms with Gasteiger partial charge in [0, 0.05) is 44.0 Å². The molecule has 7 nitrogen and oxygen atoms in total. The highest BCUT2D eigenvalue weighted by atomic mass is 32.2. The summed E-state index contributed by atoms with van der Waals surface area (Å²) in [5, 5.41) is 0. The van der Waals surface area contributed by atoms with E-state index in [1.54, 1.807) is 24.3 Å². The molecule has 0 atom stereocenters. The molecule has 168 valence electrons. The Bertz CT molecular complexity index is 969. The maximum atomic E-state index is 12.9. The lowest BCUT2D eigenvalue weighted by atomic mass is 10.1. The number of nitrogens with one attached hydrogen (secondary N) is 1. The summed E-state index contributed by atoms with van der Waals surface area (Å²) in [5.74, 6) is 0.861. The lowest BCUT2D eigenvalue weighted by molar-refractivity contribution is 0.0628. The van der Waals surface area contributed by atoms with Crippen LogP contribution in [0.1, 0.15) is 36.2 Å². The van der Waals surface area contributed by atoms with Crippen LogP contribution in [-0.2, 0) is 16.6 Å². The van der Waals surface area contributed by atoms with Crippen molar-refractivity contribution in [3.05, 3.63) is 59.7 Å². The molecule has 1 heterocycles. The highest BCUT2D eigenvalue weighted by Crippen LogP contribution is 2.18. The van der Waals surface area contributed by atoms with Crippen molar-refractivity contribution in [1.82, 2.24) is 9.80 Å². The number of rotatable bonds is 9. The van der Waals surface area contributed by atoms with Crippen LogP contribution < -0.4 is 9.46 Å². The van der Waals surface area contributed by atoms with Gasteiger partial charge in [-0.05, 0) is 49.2 Å². The minimum absolute atomic E-state index is 0.0570. The van der Waals surface area contributed by atoms with Crippen molar-refractivity contribution >= 4 is 21.6 Å². The van der Waals surface area contributed by atoms with E-state index in [9.17, 15) is 13.2 Å². The maximum Gasteiger partial charge on any atom is 0.254 e. The molecule has 1 fully saturated rings. The molecule has 0 radical (unpaired) electrons. The van der Waals surface area contributed by atoms with Gasteiger partial charge >= 0.3 is 0 Å². The third-order valence-corrected chi connectivity index (χ3v) is 6.65. The summed E-state index contributed by atoms with van der Waals surface area (Å²) in [6.45, 7) is 8.14. The summed E-state index contributed by atoms with van der Waals surface area (Å²) >= 11 is 0.